The molecular formula is C11H16O3. The molecule has 3 heteroatoms. The molecule has 1 fully saturated rings. The molecule has 0 radical (unpaired) electrons. The molecule has 1 N–H and O–H groups in total. The van der Waals surface area contributed by atoms with Gasteiger partial charge >= 0.3 is 5.97 Å². The molecule has 3 nitrogen and oxygen atoms in total. The van der Waals surface area contributed by atoms with Gasteiger partial charge in [-0.1, -0.05) is 17.7 Å². The van der Waals surface area contributed by atoms with Crippen molar-refractivity contribution < 1.29 is 14.6 Å². The van der Waals surface area contributed by atoms with E-state index in [2.05, 4.69) is 0 Å². The molecule has 0 bridgehead atoms. The maximum absolute atomic E-state index is 10.2. The highest BCUT2D eigenvalue weighted by Gasteiger charge is 2.14. The number of allylic oxidation sites excluding steroid dienone is 3. The Labute approximate surface area is 84.1 Å². The molecule has 0 unspecified atom stereocenters. The third-order valence-electron chi connectivity index (χ3n) is 2.48. The summed E-state index contributed by atoms with van der Waals surface area (Å²) in [5, 5.41) is 8.39. The summed E-state index contributed by atoms with van der Waals surface area (Å²) in [7, 11) is 1.74. The van der Waals surface area contributed by atoms with Crippen molar-refractivity contribution >= 4 is 5.97 Å². The second-order valence-electron chi connectivity index (χ2n) is 3.46. The van der Waals surface area contributed by atoms with Gasteiger partial charge in [-0.25, -0.2) is 4.79 Å². The minimum Gasteiger partial charge on any atom is -0.478 e. The highest BCUT2D eigenvalue weighted by molar-refractivity contribution is 5.80. The van der Waals surface area contributed by atoms with E-state index in [0.717, 1.165) is 31.8 Å². The Bertz CT molecular complexity index is 243. The highest BCUT2D eigenvalue weighted by Crippen LogP contribution is 2.24. The summed E-state index contributed by atoms with van der Waals surface area (Å²) in [5.74, 6) is -0.896. The number of hydrogen-bond acceptors (Lipinski definition) is 2. The smallest absolute Gasteiger partial charge is 0.328 e. The van der Waals surface area contributed by atoms with Crippen LogP contribution in [-0.4, -0.2) is 24.3 Å². The zero-order valence-electron chi connectivity index (χ0n) is 8.40. The average molecular weight is 196 g/mol. The van der Waals surface area contributed by atoms with Gasteiger partial charge in [0.25, 0.3) is 0 Å². The van der Waals surface area contributed by atoms with Crippen molar-refractivity contribution in [3.8, 4) is 0 Å². The molecule has 1 aliphatic rings. The van der Waals surface area contributed by atoms with Crippen LogP contribution in [0.5, 0.6) is 0 Å². The number of carboxylic acid groups (broad SMARTS) is 1. The molecule has 14 heavy (non-hydrogen) atoms. The number of aliphatic carboxylic acids is 1. The summed E-state index contributed by atoms with van der Waals surface area (Å²) >= 11 is 0. The molecule has 1 saturated carbocycles. The Hall–Kier alpha value is -1.09. The Morgan fingerprint density at radius 3 is 2.64 bits per heavy atom. The first-order chi connectivity index (χ1) is 6.72. The molecule has 0 aromatic rings. The summed E-state index contributed by atoms with van der Waals surface area (Å²) in [5.41, 5.74) is 1.32. The van der Waals surface area contributed by atoms with Gasteiger partial charge in [-0.2, -0.15) is 0 Å². The summed E-state index contributed by atoms with van der Waals surface area (Å²) in [6, 6.07) is 0. The van der Waals surface area contributed by atoms with Gasteiger partial charge in [-0.3, -0.25) is 0 Å². The fourth-order valence-electron chi connectivity index (χ4n) is 1.63. The summed E-state index contributed by atoms with van der Waals surface area (Å²) < 4.78 is 5.24. The van der Waals surface area contributed by atoms with E-state index < -0.39 is 5.97 Å². The highest BCUT2D eigenvalue weighted by atomic mass is 16.5. The maximum Gasteiger partial charge on any atom is 0.328 e. The van der Waals surface area contributed by atoms with Crippen molar-refractivity contribution in [2.24, 2.45) is 0 Å². The van der Waals surface area contributed by atoms with Gasteiger partial charge in [-0.15, -0.1) is 0 Å². The molecule has 0 spiro atoms. The molecule has 1 aliphatic carbocycles. The first-order valence-corrected chi connectivity index (χ1v) is 4.84. The average Bonchev–Trinajstić information content (AvgIpc) is 2.18. The van der Waals surface area contributed by atoms with Crippen LogP contribution >= 0.6 is 0 Å². The first-order valence-electron chi connectivity index (χ1n) is 4.84. The molecule has 0 heterocycles. The molecule has 0 amide bonds. The number of carbonyl (C=O) groups is 1. The lowest BCUT2D eigenvalue weighted by molar-refractivity contribution is -0.131. The third kappa shape index (κ3) is 3.75. The zero-order chi connectivity index (χ0) is 10.4. The van der Waals surface area contributed by atoms with Gasteiger partial charge < -0.3 is 9.84 Å². The minimum absolute atomic E-state index is 0.385. The van der Waals surface area contributed by atoms with E-state index in [4.69, 9.17) is 9.84 Å². The van der Waals surface area contributed by atoms with Gasteiger partial charge in [0.15, 0.2) is 0 Å². The van der Waals surface area contributed by atoms with Crippen molar-refractivity contribution in [3.63, 3.8) is 0 Å². The van der Waals surface area contributed by atoms with Crippen molar-refractivity contribution in [2.45, 2.75) is 31.8 Å². The first kappa shape index (κ1) is 11.0. The molecule has 1 rings (SSSR count). The van der Waals surface area contributed by atoms with Crippen molar-refractivity contribution in [2.75, 3.05) is 7.11 Å². The Kier molecular flexibility index (Phi) is 4.40. The number of hydrogen-bond donors (Lipinski definition) is 1. The quantitative estimate of drug-likeness (QED) is 0.703. The van der Waals surface area contributed by atoms with Crippen LogP contribution in [0, 0.1) is 0 Å². The predicted molar refractivity (Wildman–Crippen MR) is 54.1 cm³/mol. The van der Waals surface area contributed by atoms with Crippen LogP contribution in [-0.2, 0) is 9.53 Å². The standard InChI is InChI=1S/C11H16O3/c1-14-10-7-5-9(6-8-10)3-2-4-11(12)13/h2-4,10H,5-8H2,1H3,(H,12,13)/b4-2+,9-3?. The van der Waals surface area contributed by atoms with E-state index in [1.807, 2.05) is 6.08 Å². The molecule has 0 aliphatic heterocycles. The summed E-state index contributed by atoms with van der Waals surface area (Å²) in [6.07, 6.45) is 9.17. The predicted octanol–water partition coefficient (Wildman–Crippen LogP) is 2.14. The molecule has 0 aromatic carbocycles. The maximum atomic E-state index is 10.2. The van der Waals surface area contributed by atoms with Crippen molar-refractivity contribution in [1.82, 2.24) is 0 Å². The lowest BCUT2D eigenvalue weighted by Gasteiger charge is -2.22. The molecular weight excluding hydrogens is 180 g/mol. The van der Waals surface area contributed by atoms with Gasteiger partial charge in [0, 0.05) is 13.2 Å². The number of rotatable bonds is 3. The Morgan fingerprint density at radius 1 is 1.50 bits per heavy atom. The molecule has 0 aromatic heterocycles. The molecule has 78 valence electrons. The number of carboxylic acids is 1. The zero-order valence-corrected chi connectivity index (χ0v) is 8.40. The SMILES string of the molecule is COC1CCC(=C/C=C/C(=O)O)CC1. The van der Waals surface area contributed by atoms with E-state index in [1.54, 1.807) is 13.2 Å². The van der Waals surface area contributed by atoms with Crippen LogP contribution in [0.4, 0.5) is 0 Å². The van der Waals surface area contributed by atoms with E-state index in [-0.39, 0.29) is 0 Å². The minimum atomic E-state index is -0.896. The summed E-state index contributed by atoms with van der Waals surface area (Å²) in [6.45, 7) is 0. The van der Waals surface area contributed by atoms with Crippen LogP contribution in [0.15, 0.2) is 23.8 Å². The molecule has 0 atom stereocenters. The van der Waals surface area contributed by atoms with Crippen LogP contribution in [0.1, 0.15) is 25.7 Å². The topological polar surface area (TPSA) is 46.5 Å². The van der Waals surface area contributed by atoms with Crippen LogP contribution in [0.25, 0.3) is 0 Å². The van der Waals surface area contributed by atoms with Gasteiger partial charge in [-0.05, 0) is 25.7 Å². The fourth-order valence-corrected chi connectivity index (χ4v) is 1.63. The second kappa shape index (κ2) is 5.60. The lowest BCUT2D eigenvalue weighted by Crippen LogP contribution is -2.15. The van der Waals surface area contributed by atoms with E-state index >= 15 is 0 Å². The second-order valence-corrected chi connectivity index (χ2v) is 3.46. The number of methoxy groups -OCH3 is 1. The monoisotopic (exact) mass is 196 g/mol. The largest absolute Gasteiger partial charge is 0.478 e. The lowest BCUT2D eigenvalue weighted by atomic mass is 9.92. The van der Waals surface area contributed by atoms with E-state index in [0.29, 0.717) is 6.10 Å². The Balaban J connectivity index is 2.37. The van der Waals surface area contributed by atoms with E-state index in [1.165, 1.54) is 5.57 Å². The van der Waals surface area contributed by atoms with E-state index in [9.17, 15) is 4.79 Å². The van der Waals surface area contributed by atoms with Gasteiger partial charge in [0.1, 0.15) is 0 Å². The normalized spacial score (nSPS) is 22.6. The summed E-state index contributed by atoms with van der Waals surface area (Å²) in [4.78, 5) is 10.2. The molecule has 0 saturated heterocycles. The number of ether oxygens (including phenoxy) is 1. The van der Waals surface area contributed by atoms with Gasteiger partial charge in [0.2, 0.25) is 0 Å². The Morgan fingerprint density at radius 2 is 2.14 bits per heavy atom. The third-order valence-corrected chi connectivity index (χ3v) is 2.48. The fraction of sp³-hybridized carbons (Fsp3) is 0.545. The van der Waals surface area contributed by atoms with Crippen LogP contribution in [0.2, 0.25) is 0 Å². The van der Waals surface area contributed by atoms with Crippen LogP contribution < -0.4 is 0 Å². The van der Waals surface area contributed by atoms with Crippen molar-refractivity contribution in [1.29, 1.82) is 0 Å². The van der Waals surface area contributed by atoms with Gasteiger partial charge in [0.05, 0.1) is 6.10 Å². The van der Waals surface area contributed by atoms with Crippen LogP contribution in [0.3, 0.4) is 0 Å². The van der Waals surface area contributed by atoms with Crippen molar-refractivity contribution in [3.05, 3.63) is 23.8 Å².